The van der Waals surface area contributed by atoms with Crippen molar-refractivity contribution in [1.82, 2.24) is 0 Å². The summed E-state index contributed by atoms with van der Waals surface area (Å²) in [4.78, 5) is 0. The van der Waals surface area contributed by atoms with Crippen LogP contribution in [0, 0.1) is 0 Å². The average molecular weight is 234 g/mol. The first-order chi connectivity index (χ1) is 7.24. The largest absolute Gasteiger partial charge is 0.396 e. The van der Waals surface area contributed by atoms with E-state index in [1.165, 1.54) is 32.1 Å². The minimum atomic E-state index is -2.23. The van der Waals surface area contributed by atoms with Crippen LogP contribution >= 0.6 is 0 Å². The SMILES string of the molecule is CCCCCCCC[Si](CO)(OC)OC. The minimum absolute atomic E-state index is 0.0644. The number of aliphatic hydroxyl groups is 1. The van der Waals surface area contributed by atoms with Crippen molar-refractivity contribution >= 4 is 8.56 Å². The summed E-state index contributed by atoms with van der Waals surface area (Å²) < 4.78 is 10.7. The lowest BCUT2D eigenvalue weighted by atomic mass is 10.1. The Morgan fingerprint density at radius 1 is 0.933 bits per heavy atom. The summed E-state index contributed by atoms with van der Waals surface area (Å²) in [6.07, 6.45) is 7.62. The Balaban J connectivity index is 3.54. The maximum atomic E-state index is 9.23. The van der Waals surface area contributed by atoms with Crippen molar-refractivity contribution in [2.24, 2.45) is 0 Å². The molecule has 0 amide bonds. The molecular formula is C11H26O3Si. The molecule has 0 saturated carbocycles. The molecule has 0 aromatic rings. The molecule has 0 saturated heterocycles. The molecule has 0 unspecified atom stereocenters. The van der Waals surface area contributed by atoms with E-state index >= 15 is 0 Å². The van der Waals surface area contributed by atoms with Crippen molar-refractivity contribution in [1.29, 1.82) is 0 Å². The van der Waals surface area contributed by atoms with Crippen molar-refractivity contribution < 1.29 is 14.0 Å². The number of unbranched alkanes of at least 4 members (excludes halogenated alkanes) is 5. The standard InChI is InChI=1S/C11H26O3Si/c1-4-5-6-7-8-9-10-15(11-12,13-2)14-3/h12H,4-11H2,1-3H3. The first-order valence-electron chi connectivity index (χ1n) is 5.96. The zero-order valence-corrected chi connectivity index (χ0v) is 11.4. The maximum Gasteiger partial charge on any atom is 0.363 e. The third kappa shape index (κ3) is 6.30. The molecule has 0 atom stereocenters. The van der Waals surface area contributed by atoms with Crippen LogP contribution < -0.4 is 0 Å². The van der Waals surface area contributed by atoms with Crippen LogP contribution in [0.1, 0.15) is 45.4 Å². The summed E-state index contributed by atoms with van der Waals surface area (Å²) in [6, 6.07) is 0.905. The summed E-state index contributed by atoms with van der Waals surface area (Å²) in [6.45, 7) is 2.22. The molecule has 3 nitrogen and oxygen atoms in total. The molecule has 92 valence electrons. The lowest BCUT2D eigenvalue weighted by Crippen LogP contribution is -2.44. The Labute approximate surface area is 95.0 Å². The van der Waals surface area contributed by atoms with Crippen molar-refractivity contribution in [3.8, 4) is 0 Å². The van der Waals surface area contributed by atoms with Crippen LogP contribution in [0.15, 0.2) is 0 Å². The van der Waals surface area contributed by atoms with Crippen molar-refractivity contribution in [3.05, 3.63) is 0 Å². The van der Waals surface area contributed by atoms with Gasteiger partial charge in [-0.2, -0.15) is 0 Å². The monoisotopic (exact) mass is 234 g/mol. The van der Waals surface area contributed by atoms with Gasteiger partial charge in [0.1, 0.15) is 0 Å². The molecule has 0 aliphatic carbocycles. The van der Waals surface area contributed by atoms with Gasteiger partial charge in [0.2, 0.25) is 0 Å². The van der Waals surface area contributed by atoms with E-state index < -0.39 is 8.56 Å². The second kappa shape index (κ2) is 9.33. The molecular weight excluding hydrogens is 208 g/mol. The van der Waals surface area contributed by atoms with Crippen LogP contribution in [-0.2, 0) is 8.85 Å². The molecule has 0 fully saturated rings. The molecule has 0 rings (SSSR count). The third-order valence-corrected chi connectivity index (χ3v) is 5.98. The van der Waals surface area contributed by atoms with E-state index in [0.717, 1.165) is 12.5 Å². The maximum absolute atomic E-state index is 9.23. The summed E-state index contributed by atoms with van der Waals surface area (Å²) in [7, 11) is 1.05. The Morgan fingerprint density at radius 3 is 1.93 bits per heavy atom. The second-order valence-corrected chi connectivity index (χ2v) is 7.45. The first kappa shape index (κ1) is 15.1. The Hall–Kier alpha value is 0.0969. The Bertz CT molecular complexity index is 130. The van der Waals surface area contributed by atoms with E-state index in [0.29, 0.717) is 0 Å². The topological polar surface area (TPSA) is 38.7 Å². The molecule has 0 aromatic carbocycles. The molecule has 4 heteroatoms. The molecule has 0 aromatic heterocycles. The van der Waals surface area contributed by atoms with Crippen LogP contribution in [0.4, 0.5) is 0 Å². The van der Waals surface area contributed by atoms with Crippen LogP contribution in [0.2, 0.25) is 6.04 Å². The van der Waals surface area contributed by atoms with E-state index in [9.17, 15) is 5.11 Å². The fourth-order valence-corrected chi connectivity index (χ4v) is 3.45. The highest BCUT2D eigenvalue weighted by atomic mass is 28.4. The van der Waals surface area contributed by atoms with Gasteiger partial charge in [-0.3, -0.25) is 0 Å². The van der Waals surface area contributed by atoms with Crippen molar-refractivity contribution in [2.75, 3.05) is 20.4 Å². The highest BCUT2D eigenvalue weighted by molar-refractivity contribution is 6.67. The van der Waals surface area contributed by atoms with Gasteiger partial charge in [-0.25, -0.2) is 0 Å². The summed E-state index contributed by atoms with van der Waals surface area (Å²) >= 11 is 0. The zero-order chi connectivity index (χ0) is 11.6. The van der Waals surface area contributed by atoms with Crippen LogP contribution in [-0.4, -0.2) is 34.1 Å². The Morgan fingerprint density at radius 2 is 1.47 bits per heavy atom. The van der Waals surface area contributed by atoms with Crippen LogP contribution in [0.25, 0.3) is 0 Å². The van der Waals surface area contributed by atoms with Gasteiger partial charge >= 0.3 is 8.56 Å². The van der Waals surface area contributed by atoms with E-state index in [2.05, 4.69) is 6.92 Å². The summed E-state index contributed by atoms with van der Waals surface area (Å²) in [5, 5.41) is 9.23. The van der Waals surface area contributed by atoms with Gasteiger partial charge in [-0.15, -0.1) is 0 Å². The Kier molecular flexibility index (Phi) is 9.39. The molecule has 0 aliphatic heterocycles. The van der Waals surface area contributed by atoms with Gasteiger partial charge in [0.25, 0.3) is 0 Å². The fourth-order valence-electron chi connectivity index (χ4n) is 1.67. The molecule has 1 N–H and O–H groups in total. The van der Waals surface area contributed by atoms with E-state index in [1.54, 1.807) is 14.2 Å². The smallest absolute Gasteiger partial charge is 0.363 e. The third-order valence-electron chi connectivity index (χ3n) is 2.90. The highest BCUT2D eigenvalue weighted by Crippen LogP contribution is 2.17. The number of hydrogen-bond acceptors (Lipinski definition) is 3. The first-order valence-corrected chi connectivity index (χ1v) is 8.19. The number of rotatable bonds is 10. The molecule has 0 radical (unpaired) electrons. The van der Waals surface area contributed by atoms with Crippen molar-refractivity contribution in [2.45, 2.75) is 51.5 Å². The van der Waals surface area contributed by atoms with E-state index in [1.807, 2.05) is 0 Å². The summed E-state index contributed by atoms with van der Waals surface area (Å²) in [5.41, 5.74) is 0. The number of aliphatic hydroxyl groups excluding tert-OH is 1. The van der Waals surface area contributed by atoms with Crippen molar-refractivity contribution in [3.63, 3.8) is 0 Å². The minimum Gasteiger partial charge on any atom is -0.396 e. The zero-order valence-electron chi connectivity index (χ0n) is 10.4. The van der Waals surface area contributed by atoms with Crippen LogP contribution in [0.5, 0.6) is 0 Å². The quantitative estimate of drug-likeness (QED) is 0.466. The van der Waals surface area contributed by atoms with Crippen LogP contribution in [0.3, 0.4) is 0 Å². The average Bonchev–Trinajstić information content (AvgIpc) is 2.29. The predicted octanol–water partition coefficient (Wildman–Crippen LogP) is 2.61. The van der Waals surface area contributed by atoms with E-state index in [-0.39, 0.29) is 6.23 Å². The molecule has 0 bridgehead atoms. The normalized spacial score (nSPS) is 12.0. The predicted molar refractivity (Wildman–Crippen MR) is 65.0 cm³/mol. The van der Waals surface area contributed by atoms with Gasteiger partial charge in [0, 0.05) is 14.2 Å². The molecule has 15 heavy (non-hydrogen) atoms. The van der Waals surface area contributed by atoms with Gasteiger partial charge < -0.3 is 14.0 Å². The molecule has 0 heterocycles. The van der Waals surface area contributed by atoms with E-state index in [4.69, 9.17) is 8.85 Å². The van der Waals surface area contributed by atoms with Gasteiger partial charge in [0.15, 0.2) is 0 Å². The fraction of sp³-hybridized carbons (Fsp3) is 1.00. The summed E-state index contributed by atoms with van der Waals surface area (Å²) in [5.74, 6) is 0. The van der Waals surface area contributed by atoms with Gasteiger partial charge in [-0.1, -0.05) is 45.4 Å². The molecule has 0 spiro atoms. The van der Waals surface area contributed by atoms with Gasteiger partial charge in [-0.05, 0) is 6.04 Å². The molecule has 0 aliphatic rings. The second-order valence-electron chi connectivity index (χ2n) is 3.99. The highest BCUT2D eigenvalue weighted by Gasteiger charge is 2.33. The lowest BCUT2D eigenvalue weighted by molar-refractivity contribution is 0.195. The lowest BCUT2D eigenvalue weighted by Gasteiger charge is -2.24. The number of hydrogen-bond donors (Lipinski definition) is 1. The van der Waals surface area contributed by atoms with Gasteiger partial charge in [0.05, 0.1) is 6.23 Å².